The number of anilines is 1. The lowest BCUT2D eigenvalue weighted by atomic mass is 9.92. The molecule has 21 heavy (non-hydrogen) atoms. The second kappa shape index (κ2) is 6.44. The van der Waals surface area contributed by atoms with Gasteiger partial charge in [0.15, 0.2) is 11.5 Å². The summed E-state index contributed by atoms with van der Waals surface area (Å²) in [6.45, 7) is 5.90. The highest BCUT2D eigenvalue weighted by atomic mass is 79.9. The number of hydrogen-bond donors (Lipinski definition) is 1. The monoisotopic (exact) mass is 354 g/mol. The molecule has 0 saturated carbocycles. The summed E-state index contributed by atoms with van der Waals surface area (Å²) in [6, 6.07) is 4.48. The highest BCUT2D eigenvalue weighted by Gasteiger charge is 2.24. The van der Waals surface area contributed by atoms with Crippen LogP contribution >= 0.6 is 15.9 Å². The number of rotatable bonds is 3. The number of likely N-dealkylation sites (tertiary alicyclic amines) is 1. The molecule has 0 spiro atoms. The molecule has 3 rings (SSSR count). The van der Waals surface area contributed by atoms with Gasteiger partial charge >= 0.3 is 0 Å². The van der Waals surface area contributed by atoms with Crippen LogP contribution in [0.3, 0.4) is 0 Å². The molecule has 0 amide bonds. The van der Waals surface area contributed by atoms with Crippen molar-refractivity contribution in [1.29, 1.82) is 0 Å². The molecular formula is C16H23BrN2O2. The van der Waals surface area contributed by atoms with Gasteiger partial charge in [0.1, 0.15) is 13.2 Å². The predicted molar refractivity (Wildman–Crippen MR) is 88.4 cm³/mol. The molecule has 2 unspecified atom stereocenters. The van der Waals surface area contributed by atoms with Gasteiger partial charge in [0, 0.05) is 29.2 Å². The fourth-order valence-corrected chi connectivity index (χ4v) is 3.59. The van der Waals surface area contributed by atoms with Crippen LogP contribution in [0.4, 0.5) is 5.69 Å². The minimum atomic E-state index is 0.437. The molecule has 116 valence electrons. The van der Waals surface area contributed by atoms with Gasteiger partial charge < -0.3 is 19.7 Å². The smallest absolute Gasteiger partial charge is 0.163 e. The lowest BCUT2D eigenvalue weighted by Gasteiger charge is -2.34. The molecule has 0 aromatic heterocycles. The first-order valence-electron chi connectivity index (χ1n) is 7.67. The lowest BCUT2D eigenvalue weighted by molar-refractivity contribution is 0.171. The fraction of sp³-hybridized carbons (Fsp3) is 0.625. The average molecular weight is 355 g/mol. The number of benzene rings is 1. The summed E-state index contributed by atoms with van der Waals surface area (Å²) >= 11 is 3.63. The summed E-state index contributed by atoms with van der Waals surface area (Å²) in [5.74, 6) is 2.34. The Bertz CT molecular complexity index is 509. The Balaban J connectivity index is 1.72. The molecule has 1 N–H and O–H groups in total. The van der Waals surface area contributed by atoms with E-state index in [1.807, 2.05) is 12.1 Å². The van der Waals surface area contributed by atoms with Crippen molar-refractivity contribution in [3.05, 3.63) is 16.6 Å². The quantitative estimate of drug-likeness (QED) is 0.902. The van der Waals surface area contributed by atoms with E-state index in [-0.39, 0.29) is 0 Å². The first kappa shape index (κ1) is 15.0. The molecule has 5 heteroatoms. The third-order valence-corrected chi connectivity index (χ3v) is 5.04. The Hall–Kier alpha value is -0.940. The molecule has 2 aliphatic heterocycles. The molecule has 0 aliphatic carbocycles. The molecule has 1 saturated heterocycles. The third kappa shape index (κ3) is 3.46. The van der Waals surface area contributed by atoms with Crippen LogP contribution in [0, 0.1) is 5.92 Å². The van der Waals surface area contributed by atoms with Crippen LogP contribution in [0.15, 0.2) is 16.6 Å². The number of hydrogen-bond acceptors (Lipinski definition) is 4. The first-order valence-corrected chi connectivity index (χ1v) is 8.47. The largest absolute Gasteiger partial charge is 0.486 e. The number of ether oxygens (including phenoxy) is 2. The number of fused-ring (bicyclic) bond motifs is 1. The van der Waals surface area contributed by atoms with Crippen LogP contribution < -0.4 is 14.8 Å². The fourth-order valence-electron chi connectivity index (χ4n) is 3.15. The Kier molecular flexibility index (Phi) is 4.60. The molecule has 4 nitrogen and oxygen atoms in total. The van der Waals surface area contributed by atoms with Crippen LogP contribution in [-0.2, 0) is 0 Å². The molecule has 2 aliphatic rings. The van der Waals surface area contributed by atoms with Crippen molar-refractivity contribution in [3.8, 4) is 11.5 Å². The zero-order chi connectivity index (χ0) is 14.8. The second-order valence-electron chi connectivity index (χ2n) is 6.07. The third-order valence-electron chi connectivity index (χ3n) is 4.38. The number of halogens is 1. The van der Waals surface area contributed by atoms with Crippen molar-refractivity contribution >= 4 is 21.6 Å². The van der Waals surface area contributed by atoms with Crippen LogP contribution in [0.25, 0.3) is 0 Å². The van der Waals surface area contributed by atoms with Gasteiger partial charge in [0.25, 0.3) is 0 Å². The maximum Gasteiger partial charge on any atom is 0.163 e. The molecule has 2 atom stereocenters. The number of nitrogens with one attached hydrogen (secondary N) is 1. The molecule has 1 fully saturated rings. The van der Waals surface area contributed by atoms with E-state index in [9.17, 15) is 0 Å². The van der Waals surface area contributed by atoms with Crippen molar-refractivity contribution in [2.24, 2.45) is 5.92 Å². The highest BCUT2D eigenvalue weighted by molar-refractivity contribution is 9.10. The molecule has 0 bridgehead atoms. The summed E-state index contributed by atoms with van der Waals surface area (Å²) in [5, 5.41) is 3.64. The summed E-state index contributed by atoms with van der Waals surface area (Å²) in [4.78, 5) is 2.42. The minimum absolute atomic E-state index is 0.437. The topological polar surface area (TPSA) is 33.7 Å². The molecule has 0 radical (unpaired) electrons. The zero-order valence-corrected chi connectivity index (χ0v) is 14.3. The summed E-state index contributed by atoms with van der Waals surface area (Å²) in [6.07, 6.45) is 2.58. The van der Waals surface area contributed by atoms with E-state index < -0.39 is 0 Å². The van der Waals surface area contributed by atoms with E-state index in [0.717, 1.165) is 28.2 Å². The molecule has 1 aromatic carbocycles. The Morgan fingerprint density at radius 3 is 2.71 bits per heavy atom. The van der Waals surface area contributed by atoms with Gasteiger partial charge in [-0.3, -0.25) is 0 Å². The lowest BCUT2D eigenvalue weighted by Crippen LogP contribution is -2.39. The summed E-state index contributed by atoms with van der Waals surface area (Å²) in [5.41, 5.74) is 1.08. The summed E-state index contributed by atoms with van der Waals surface area (Å²) in [7, 11) is 2.21. The molecule has 2 heterocycles. The first-order chi connectivity index (χ1) is 10.1. The van der Waals surface area contributed by atoms with Crippen LogP contribution in [0.2, 0.25) is 0 Å². The van der Waals surface area contributed by atoms with Crippen LogP contribution in [-0.4, -0.2) is 44.3 Å². The van der Waals surface area contributed by atoms with E-state index in [2.05, 4.69) is 40.1 Å². The maximum atomic E-state index is 5.67. The SMILES string of the molecule is CC(Nc1cc2c(cc1Br)OCCO2)C1CCCN(C)C1. The van der Waals surface area contributed by atoms with Gasteiger partial charge in [-0.1, -0.05) is 0 Å². The molecule has 1 aromatic rings. The van der Waals surface area contributed by atoms with E-state index in [0.29, 0.717) is 25.2 Å². The van der Waals surface area contributed by atoms with Gasteiger partial charge in [-0.15, -0.1) is 0 Å². The van der Waals surface area contributed by atoms with Gasteiger partial charge in [0.05, 0.1) is 5.69 Å². The van der Waals surface area contributed by atoms with Crippen molar-refractivity contribution in [2.45, 2.75) is 25.8 Å². The number of nitrogens with zero attached hydrogens (tertiary/aromatic N) is 1. The van der Waals surface area contributed by atoms with E-state index in [1.165, 1.54) is 19.4 Å². The second-order valence-corrected chi connectivity index (χ2v) is 6.93. The Morgan fingerprint density at radius 2 is 2.00 bits per heavy atom. The minimum Gasteiger partial charge on any atom is -0.486 e. The maximum absolute atomic E-state index is 5.67. The van der Waals surface area contributed by atoms with Gasteiger partial charge in [0.2, 0.25) is 0 Å². The van der Waals surface area contributed by atoms with E-state index in [4.69, 9.17) is 9.47 Å². The van der Waals surface area contributed by atoms with Crippen molar-refractivity contribution in [2.75, 3.05) is 38.7 Å². The molecular weight excluding hydrogens is 332 g/mol. The van der Waals surface area contributed by atoms with Crippen molar-refractivity contribution in [3.63, 3.8) is 0 Å². The average Bonchev–Trinajstić information content (AvgIpc) is 2.48. The van der Waals surface area contributed by atoms with Gasteiger partial charge in [-0.05, 0) is 55.2 Å². The van der Waals surface area contributed by atoms with E-state index in [1.54, 1.807) is 0 Å². The zero-order valence-electron chi connectivity index (χ0n) is 12.7. The summed E-state index contributed by atoms with van der Waals surface area (Å²) < 4.78 is 12.3. The standard InChI is InChI=1S/C16H23BrN2O2/c1-11(12-4-3-5-19(2)10-12)18-14-9-16-15(8-13(14)17)20-6-7-21-16/h8-9,11-12,18H,3-7,10H2,1-2H3. The van der Waals surface area contributed by atoms with Crippen LogP contribution in [0.5, 0.6) is 11.5 Å². The van der Waals surface area contributed by atoms with E-state index >= 15 is 0 Å². The highest BCUT2D eigenvalue weighted by Crippen LogP contribution is 2.38. The predicted octanol–water partition coefficient (Wildman–Crippen LogP) is 3.36. The van der Waals surface area contributed by atoms with Crippen molar-refractivity contribution in [1.82, 2.24) is 4.90 Å². The van der Waals surface area contributed by atoms with Crippen molar-refractivity contribution < 1.29 is 9.47 Å². The van der Waals surface area contributed by atoms with Gasteiger partial charge in [-0.2, -0.15) is 0 Å². The number of piperidine rings is 1. The van der Waals surface area contributed by atoms with Gasteiger partial charge in [-0.25, -0.2) is 0 Å². The van der Waals surface area contributed by atoms with Crippen LogP contribution in [0.1, 0.15) is 19.8 Å². The Morgan fingerprint density at radius 1 is 1.29 bits per heavy atom. The Labute approximate surface area is 134 Å². The normalized spacial score (nSPS) is 23.7.